The number of hydrogen-bond acceptors (Lipinski definition) is 1. The van der Waals surface area contributed by atoms with Crippen LogP contribution in [0.1, 0.15) is 42.4 Å². The Kier molecular flexibility index (Phi) is 10.6. The minimum atomic E-state index is 0. The summed E-state index contributed by atoms with van der Waals surface area (Å²) in [6, 6.07) is 21.8. The van der Waals surface area contributed by atoms with Gasteiger partial charge in [-0.1, -0.05) is 36.4 Å². The number of aliphatic hydroxyl groups excluding tert-OH is 1. The van der Waals surface area contributed by atoms with Gasteiger partial charge in [-0.2, -0.15) is 6.07 Å². The van der Waals surface area contributed by atoms with E-state index in [-0.39, 0.29) is 31.4 Å². The Balaban J connectivity index is 0.000000686. The van der Waals surface area contributed by atoms with Crippen LogP contribution >= 0.6 is 0 Å². The van der Waals surface area contributed by atoms with Crippen molar-refractivity contribution in [2.75, 3.05) is 6.61 Å². The summed E-state index contributed by atoms with van der Waals surface area (Å²) < 4.78 is 2.09. The molecule has 3 aromatic carbocycles. The first-order valence-electron chi connectivity index (χ1n) is 8.80. The molecule has 1 nitrogen and oxygen atoms in total. The van der Waals surface area contributed by atoms with Crippen molar-refractivity contribution in [1.29, 1.82) is 0 Å². The van der Waals surface area contributed by atoms with Crippen LogP contribution in [0.4, 0.5) is 0 Å². The maximum absolute atomic E-state index is 9.14. The standard InChI is InChI=1S/C21H19O.C2H4.2ClH.Zr/c22-13-5-7-16-14-21(19-10-4-3-9-18(16)19)20-12-11-15-6-1-2-8-17(15)20;1-2;;;/h1-4,6,8-12,14,21-22H,5,7,13H2;1H,2H3;2*1H;/q-1;;;;+2/p-2. The van der Waals surface area contributed by atoms with Crippen LogP contribution < -0.4 is 24.8 Å². The van der Waals surface area contributed by atoms with Gasteiger partial charge in [0.25, 0.3) is 0 Å². The van der Waals surface area contributed by atoms with E-state index in [1.54, 1.807) is 0 Å². The topological polar surface area (TPSA) is 20.2 Å². The van der Waals surface area contributed by atoms with Crippen LogP contribution in [0.25, 0.3) is 16.3 Å². The van der Waals surface area contributed by atoms with Gasteiger partial charge in [-0.15, -0.1) is 40.6 Å². The molecule has 1 aliphatic carbocycles. The molecule has 0 saturated carbocycles. The zero-order valence-corrected chi connectivity index (χ0v) is 19.3. The van der Waals surface area contributed by atoms with Crippen molar-refractivity contribution in [2.24, 2.45) is 0 Å². The zero-order valence-electron chi connectivity index (χ0n) is 15.3. The van der Waals surface area contributed by atoms with E-state index in [0.29, 0.717) is 5.92 Å². The summed E-state index contributed by atoms with van der Waals surface area (Å²) >= 11 is 1.51. The summed E-state index contributed by atoms with van der Waals surface area (Å²) in [5.74, 6) is 0.338. The Morgan fingerprint density at radius 3 is 2.44 bits per heavy atom. The fraction of sp³-hybridized carbons (Fsp3) is 0.217. The fourth-order valence-corrected chi connectivity index (χ4v) is 3.63. The van der Waals surface area contributed by atoms with Gasteiger partial charge in [-0.05, 0) is 35.5 Å². The van der Waals surface area contributed by atoms with Crippen molar-refractivity contribution in [3.05, 3.63) is 83.4 Å². The van der Waals surface area contributed by atoms with Gasteiger partial charge in [0.1, 0.15) is 0 Å². The molecule has 0 aromatic heterocycles. The molecule has 1 atom stereocenters. The monoisotopic (exact) mass is 475 g/mol. The molecule has 1 aliphatic rings. The number of allylic oxidation sites excluding steroid dienone is 2. The summed E-state index contributed by atoms with van der Waals surface area (Å²) in [5.41, 5.74) is 5.51. The molecule has 0 radical (unpaired) electrons. The predicted molar refractivity (Wildman–Crippen MR) is 104 cm³/mol. The number of hydrogen-bond donors (Lipinski definition) is 1. The molecule has 0 fully saturated rings. The smallest absolute Gasteiger partial charge is 0.0434 e. The minimum Gasteiger partial charge on any atom is -1.00 e. The molecule has 0 aliphatic heterocycles. The largest absolute Gasteiger partial charge is 1.00 e. The van der Waals surface area contributed by atoms with Gasteiger partial charge >= 0.3 is 34.9 Å². The van der Waals surface area contributed by atoms with Gasteiger partial charge in [-0.25, -0.2) is 0 Å². The molecule has 3 aromatic rings. The first-order valence-corrected chi connectivity index (χ1v) is 10.2. The van der Waals surface area contributed by atoms with Crippen molar-refractivity contribution >= 4 is 20.1 Å². The fourth-order valence-electron chi connectivity index (χ4n) is 3.63. The summed E-state index contributed by atoms with van der Waals surface area (Å²) in [6.07, 6.45) is 4.17. The van der Waals surface area contributed by atoms with E-state index in [0.717, 1.165) is 12.8 Å². The summed E-state index contributed by atoms with van der Waals surface area (Å²) in [6.45, 7) is 2.29. The third-order valence-electron chi connectivity index (χ3n) is 4.66. The second-order valence-corrected chi connectivity index (χ2v) is 7.67. The van der Waals surface area contributed by atoms with E-state index in [9.17, 15) is 0 Å². The minimum absolute atomic E-state index is 0. The number of aliphatic hydroxyl groups is 1. The van der Waals surface area contributed by atoms with Crippen LogP contribution in [-0.4, -0.2) is 15.4 Å². The van der Waals surface area contributed by atoms with Gasteiger partial charge in [0.2, 0.25) is 0 Å². The maximum Gasteiger partial charge on any atom is 0.0434 e. The molecule has 0 spiro atoms. The number of halogens is 2. The molecule has 1 N–H and O–H groups in total. The molecule has 1 unspecified atom stereocenters. The van der Waals surface area contributed by atoms with Crippen molar-refractivity contribution in [3.63, 3.8) is 0 Å². The van der Waals surface area contributed by atoms with Crippen molar-refractivity contribution in [1.82, 2.24) is 0 Å². The molecule has 4 heteroatoms. The first-order chi connectivity index (χ1) is 12.3. The molecule has 0 amide bonds. The van der Waals surface area contributed by atoms with Gasteiger partial charge in [0.05, 0.1) is 0 Å². The van der Waals surface area contributed by atoms with E-state index < -0.39 is 0 Å². The van der Waals surface area contributed by atoms with Crippen molar-refractivity contribution in [3.8, 4) is 0 Å². The third-order valence-corrected chi connectivity index (χ3v) is 4.66. The summed E-state index contributed by atoms with van der Waals surface area (Å²) in [7, 11) is 0. The maximum atomic E-state index is 9.14. The molecule has 27 heavy (non-hydrogen) atoms. The molecular weight excluding hydrogens is 454 g/mol. The van der Waals surface area contributed by atoms with Gasteiger partial charge in [-0.3, -0.25) is 0 Å². The van der Waals surface area contributed by atoms with Crippen LogP contribution in [0.5, 0.6) is 0 Å². The van der Waals surface area contributed by atoms with E-state index in [2.05, 4.69) is 70.4 Å². The summed E-state index contributed by atoms with van der Waals surface area (Å²) in [4.78, 5) is 0. The molecule has 140 valence electrons. The second kappa shape index (κ2) is 11.8. The molecule has 0 heterocycles. The Labute approximate surface area is 189 Å². The van der Waals surface area contributed by atoms with Crippen LogP contribution in [-0.2, 0) is 24.2 Å². The van der Waals surface area contributed by atoms with Gasteiger partial charge < -0.3 is 29.9 Å². The Morgan fingerprint density at radius 2 is 1.70 bits per heavy atom. The van der Waals surface area contributed by atoms with Crippen LogP contribution in [0.3, 0.4) is 0 Å². The normalized spacial score (nSPS) is 14.2. The number of rotatable bonds is 4. The average molecular weight is 478 g/mol. The Bertz CT molecular complexity index is 898. The predicted octanol–water partition coefficient (Wildman–Crippen LogP) is -0.777. The first kappa shape index (κ1) is 24.1. The van der Waals surface area contributed by atoms with E-state index in [1.165, 1.54) is 57.3 Å². The second-order valence-electron chi connectivity index (χ2n) is 6.25. The average Bonchev–Trinajstić information content (AvgIpc) is 3.22. The Hall–Kier alpha value is -0.917. The quantitative estimate of drug-likeness (QED) is 0.490. The number of fused-ring (bicyclic) bond motifs is 2. The molecule has 0 bridgehead atoms. The van der Waals surface area contributed by atoms with Gasteiger partial charge in [0.15, 0.2) is 0 Å². The van der Waals surface area contributed by atoms with Crippen LogP contribution in [0.15, 0.2) is 66.7 Å². The van der Waals surface area contributed by atoms with Crippen LogP contribution in [0, 0.1) is 0 Å². The van der Waals surface area contributed by atoms with Gasteiger partial charge in [0, 0.05) is 6.61 Å². The SMILES string of the molecule is C[CH]=[Zr+2].OCCCC1=CC([c-]2ccc3ccccc32)c2ccccc21.[Cl-].[Cl-]. The van der Waals surface area contributed by atoms with Crippen LogP contribution in [0.2, 0.25) is 0 Å². The third kappa shape index (κ3) is 5.33. The molecule has 0 saturated heterocycles. The van der Waals surface area contributed by atoms with E-state index >= 15 is 0 Å². The molecular formula is C23H23Cl2OZr-. The van der Waals surface area contributed by atoms with E-state index in [1.807, 2.05) is 6.92 Å². The van der Waals surface area contributed by atoms with Crippen molar-refractivity contribution < 1.29 is 54.2 Å². The summed E-state index contributed by atoms with van der Waals surface area (Å²) in [5, 5.41) is 11.8. The number of benzene rings is 2. The Morgan fingerprint density at radius 1 is 1.04 bits per heavy atom. The molecule has 4 rings (SSSR count). The zero-order chi connectivity index (χ0) is 17.6. The van der Waals surface area contributed by atoms with E-state index in [4.69, 9.17) is 5.11 Å². The van der Waals surface area contributed by atoms with Crippen molar-refractivity contribution in [2.45, 2.75) is 25.7 Å².